The molecule has 0 bridgehead atoms. The molecule has 1 aliphatic heterocycles. The van der Waals surface area contributed by atoms with Crippen molar-refractivity contribution in [2.45, 2.75) is 91.4 Å². The number of hydrogen-bond donors (Lipinski definition) is 1. The normalized spacial score (nSPS) is 26.8. The summed E-state index contributed by atoms with van der Waals surface area (Å²) in [6, 6.07) is 0.652. The van der Waals surface area contributed by atoms with Gasteiger partial charge in [0.2, 0.25) is 0 Å². The van der Waals surface area contributed by atoms with E-state index in [1.807, 2.05) is 0 Å². The van der Waals surface area contributed by atoms with Crippen LogP contribution >= 0.6 is 0 Å². The molecule has 2 atom stereocenters. The molecule has 2 heteroatoms. The fourth-order valence-electron chi connectivity index (χ4n) is 3.51. The Balaban J connectivity index is 2.50. The van der Waals surface area contributed by atoms with E-state index in [4.69, 9.17) is 4.74 Å². The highest BCUT2D eigenvalue weighted by Crippen LogP contribution is 2.44. The van der Waals surface area contributed by atoms with Gasteiger partial charge in [0, 0.05) is 6.04 Å². The molecule has 1 fully saturated rings. The molecule has 1 N–H and O–H groups in total. The molecule has 1 rings (SSSR count). The van der Waals surface area contributed by atoms with Gasteiger partial charge < -0.3 is 10.1 Å². The Kier molecular flexibility index (Phi) is 5.88. The van der Waals surface area contributed by atoms with E-state index in [1.54, 1.807) is 0 Å². The van der Waals surface area contributed by atoms with Gasteiger partial charge in [-0.25, -0.2) is 0 Å². The van der Waals surface area contributed by atoms with Crippen molar-refractivity contribution in [2.24, 2.45) is 11.8 Å². The minimum atomic E-state index is 0.0375. The summed E-state index contributed by atoms with van der Waals surface area (Å²) < 4.78 is 6.20. The van der Waals surface area contributed by atoms with Crippen LogP contribution in [-0.4, -0.2) is 23.8 Å². The molecule has 0 aromatic carbocycles. The number of hydrogen-bond acceptors (Lipinski definition) is 2. The fourth-order valence-corrected chi connectivity index (χ4v) is 3.51. The van der Waals surface area contributed by atoms with Gasteiger partial charge in [0.1, 0.15) is 0 Å². The van der Waals surface area contributed by atoms with Gasteiger partial charge in [-0.05, 0) is 71.8 Å². The predicted molar refractivity (Wildman–Crippen MR) is 83.5 cm³/mol. The van der Waals surface area contributed by atoms with Crippen LogP contribution in [-0.2, 0) is 4.74 Å². The van der Waals surface area contributed by atoms with E-state index < -0.39 is 0 Å². The lowest BCUT2D eigenvalue weighted by molar-refractivity contribution is -0.0755. The second-order valence-corrected chi connectivity index (χ2v) is 7.75. The number of nitrogens with one attached hydrogen (secondary N) is 1. The zero-order valence-electron chi connectivity index (χ0n) is 14.2. The average molecular weight is 269 g/mol. The Hall–Kier alpha value is -0.0800. The van der Waals surface area contributed by atoms with Gasteiger partial charge in [-0.1, -0.05) is 20.8 Å². The third-order valence-corrected chi connectivity index (χ3v) is 4.55. The lowest BCUT2D eigenvalue weighted by Gasteiger charge is -2.29. The fraction of sp³-hybridized carbons (Fsp3) is 1.00. The molecule has 19 heavy (non-hydrogen) atoms. The molecular weight excluding hydrogens is 234 g/mol. The molecule has 114 valence electrons. The van der Waals surface area contributed by atoms with Crippen LogP contribution in [0.5, 0.6) is 0 Å². The topological polar surface area (TPSA) is 21.3 Å². The summed E-state index contributed by atoms with van der Waals surface area (Å²) in [4.78, 5) is 0. The van der Waals surface area contributed by atoms with Gasteiger partial charge in [0.05, 0.1) is 11.2 Å². The van der Waals surface area contributed by atoms with Gasteiger partial charge in [-0.15, -0.1) is 0 Å². The van der Waals surface area contributed by atoms with E-state index in [9.17, 15) is 0 Å². The Morgan fingerprint density at radius 2 is 1.84 bits per heavy atom. The lowest BCUT2D eigenvalue weighted by Crippen LogP contribution is -2.36. The van der Waals surface area contributed by atoms with Crippen LogP contribution in [0.2, 0.25) is 0 Å². The Morgan fingerprint density at radius 3 is 2.26 bits per heavy atom. The Labute approximate surface area is 120 Å². The second kappa shape index (κ2) is 6.58. The van der Waals surface area contributed by atoms with Gasteiger partial charge in [0.15, 0.2) is 0 Å². The van der Waals surface area contributed by atoms with Crippen molar-refractivity contribution in [1.29, 1.82) is 0 Å². The lowest BCUT2D eigenvalue weighted by atomic mass is 9.82. The molecule has 1 heterocycles. The van der Waals surface area contributed by atoms with Crippen LogP contribution in [0.3, 0.4) is 0 Å². The smallest absolute Gasteiger partial charge is 0.0662 e. The van der Waals surface area contributed by atoms with Crippen molar-refractivity contribution in [2.75, 3.05) is 6.54 Å². The third-order valence-electron chi connectivity index (χ3n) is 4.55. The van der Waals surface area contributed by atoms with Gasteiger partial charge in [-0.2, -0.15) is 0 Å². The first-order valence-corrected chi connectivity index (χ1v) is 8.11. The molecule has 0 aromatic rings. The van der Waals surface area contributed by atoms with Crippen molar-refractivity contribution >= 4 is 0 Å². The Morgan fingerprint density at radius 1 is 1.21 bits per heavy atom. The molecule has 0 aromatic heterocycles. The largest absolute Gasteiger partial charge is 0.369 e. The van der Waals surface area contributed by atoms with Crippen molar-refractivity contribution in [3.63, 3.8) is 0 Å². The molecule has 2 unspecified atom stereocenters. The molecule has 0 radical (unpaired) electrons. The Bertz CT molecular complexity index is 270. The summed E-state index contributed by atoms with van der Waals surface area (Å²) in [5.41, 5.74) is 0.0914. The van der Waals surface area contributed by atoms with Crippen LogP contribution in [0.15, 0.2) is 0 Å². The summed E-state index contributed by atoms with van der Waals surface area (Å²) in [7, 11) is 0. The zero-order chi connectivity index (χ0) is 14.7. The quantitative estimate of drug-likeness (QED) is 0.740. The standard InChI is InChI=1S/C17H35NO/c1-8-11-18-15(13(2)3)10-9-14-12-16(4,5)19-17(14,6)7/h13-15,18H,8-12H2,1-7H3. The first-order chi connectivity index (χ1) is 8.68. The molecular formula is C17H35NO. The van der Waals surface area contributed by atoms with E-state index in [0.717, 1.165) is 6.54 Å². The molecule has 1 aliphatic rings. The van der Waals surface area contributed by atoms with Crippen LogP contribution in [0.4, 0.5) is 0 Å². The SMILES string of the molecule is CCCNC(CCC1CC(C)(C)OC1(C)C)C(C)C. The summed E-state index contributed by atoms with van der Waals surface area (Å²) in [5, 5.41) is 3.70. The summed E-state index contributed by atoms with van der Waals surface area (Å²) in [6.07, 6.45) is 4.95. The van der Waals surface area contributed by atoms with Crippen molar-refractivity contribution in [1.82, 2.24) is 5.32 Å². The van der Waals surface area contributed by atoms with Gasteiger partial charge >= 0.3 is 0 Å². The van der Waals surface area contributed by atoms with Crippen LogP contribution in [0, 0.1) is 11.8 Å². The highest BCUT2D eigenvalue weighted by Gasteiger charge is 2.45. The number of ether oxygens (including phenoxy) is 1. The third kappa shape index (κ3) is 5.07. The zero-order valence-corrected chi connectivity index (χ0v) is 14.2. The number of rotatable bonds is 7. The van der Waals surface area contributed by atoms with E-state index >= 15 is 0 Å². The molecule has 0 amide bonds. The van der Waals surface area contributed by atoms with E-state index in [1.165, 1.54) is 25.7 Å². The summed E-state index contributed by atoms with van der Waals surface area (Å²) in [5.74, 6) is 1.40. The van der Waals surface area contributed by atoms with Crippen molar-refractivity contribution in [3.8, 4) is 0 Å². The van der Waals surface area contributed by atoms with E-state index in [0.29, 0.717) is 17.9 Å². The van der Waals surface area contributed by atoms with E-state index in [-0.39, 0.29) is 11.2 Å². The van der Waals surface area contributed by atoms with Gasteiger partial charge in [0.25, 0.3) is 0 Å². The highest BCUT2D eigenvalue weighted by molar-refractivity contribution is 4.94. The minimum absolute atomic E-state index is 0.0375. The maximum atomic E-state index is 6.20. The van der Waals surface area contributed by atoms with Crippen LogP contribution in [0.1, 0.15) is 74.1 Å². The van der Waals surface area contributed by atoms with Crippen molar-refractivity contribution in [3.05, 3.63) is 0 Å². The first kappa shape index (κ1) is 17.0. The molecule has 2 nitrogen and oxygen atoms in total. The molecule has 0 aliphatic carbocycles. The average Bonchev–Trinajstić information content (AvgIpc) is 2.46. The van der Waals surface area contributed by atoms with E-state index in [2.05, 4.69) is 53.8 Å². The van der Waals surface area contributed by atoms with Gasteiger partial charge in [-0.3, -0.25) is 0 Å². The first-order valence-electron chi connectivity index (χ1n) is 8.11. The van der Waals surface area contributed by atoms with Crippen molar-refractivity contribution < 1.29 is 4.74 Å². The summed E-state index contributed by atoms with van der Waals surface area (Å²) in [6.45, 7) is 17.0. The highest BCUT2D eigenvalue weighted by atomic mass is 16.5. The van der Waals surface area contributed by atoms with Crippen LogP contribution < -0.4 is 5.32 Å². The maximum Gasteiger partial charge on any atom is 0.0662 e. The molecule has 0 saturated carbocycles. The maximum absolute atomic E-state index is 6.20. The molecule has 1 saturated heterocycles. The summed E-state index contributed by atoms with van der Waals surface area (Å²) >= 11 is 0. The molecule has 0 spiro atoms. The monoisotopic (exact) mass is 269 g/mol. The predicted octanol–water partition coefficient (Wildman–Crippen LogP) is 4.38. The second-order valence-electron chi connectivity index (χ2n) is 7.75. The minimum Gasteiger partial charge on any atom is -0.369 e. The van der Waals surface area contributed by atoms with Crippen LogP contribution in [0.25, 0.3) is 0 Å².